The third-order valence-electron chi connectivity index (χ3n) is 4.48. The Balaban J connectivity index is 1.93. The number of hydrogen-bond donors (Lipinski definition) is 2. The summed E-state index contributed by atoms with van der Waals surface area (Å²) in [5.74, 6) is -2.15. The van der Waals surface area contributed by atoms with E-state index < -0.39 is 17.6 Å². The Bertz CT molecular complexity index is 922. The van der Waals surface area contributed by atoms with E-state index in [9.17, 15) is 19.5 Å². The number of rotatable bonds is 5. The largest absolute Gasteiger partial charge is 0.476 e. The Hall–Kier alpha value is -3.49. The van der Waals surface area contributed by atoms with Gasteiger partial charge in [-0.25, -0.2) is 14.8 Å². The summed E-state index contributed by atoms with van der Waals surface area (Å²) in [6.07, 6.45) is 4.42. The van der Waals surface area contributed by atoms with Crippen molar-refractivity contribution >= 4 is 29.2 Å². The zero-order valence-corrected chi connectivity index (χ0v) is 15.7. The van der Waals surface area contributed by atoms with Gasteiger partial charge in [-0.3, -0.25) is 9.59 Å². The molecule has 1 saturated heterocycles. The smallest absolute Gasteiger partial charge is 0.356 e. The number of nitrogens with one attached hydrogen (secondary N) is 1. The van der Waals surface area contributed by atoms with Crippen molar-refractivity contribution in [3.05, 3.63) is 47.5 Å². The molecule has 1 aromatic heterocycles. The van der Waals surface area contributed by atoms with Crippen LogP contribution in [0, 0.1) is 0 Å². The lowest BCUT2D eigenvalue weighted by Crippen LogP contribution is -2.28. The van der Waals surface area contributed by atoms with E-state index in [2.05, 4.69) is 15.3 Å². The first-order valence-electron chi connectivity index (χ1n) is 8.85. The van der Waals surface area contributed by atoms with Crippen molar-refractivity contribution in [2.75, 3.05) is 37.4 Å². The fraction of sp³-hybridized carbons (Fsp3) is 0.316. The van der Waals surface area contributed by atoms with Gasteiger partial charge < -0.3 is 20.2 Å². The summed E-state index contributed by atoms with van der Waals surface area (Å²) >= 11 is 0. The third kappa shape index (κ3) is 3.93. The number of benzene rings is 1. The highest BCUT2D eigenvalue weighted by atomic mass is 16.4. The molecule has 1 aromatic carbocycles. The van der Waals surface area contributed by atoms with Crippen molar-refractivity contribution in [3.8, 4) is 0 Å². The predicted octanol–water partition coefficient (Wildman–Crippen LogP) is 1.73. The molecule has 0 unspecified atom stereocenters. The van der Waals surface area contributed by atoms with Crippen molar-refractivity contribution < 1.29 is 19.5 Å². The second-order valence-corrected chi connectivity index (χ2v) is 6.64. The van der Waals surface area contributed by atoms with Crippen LogP contribution in [0.15, 0.2) is 30.6 Å². The minimum Gasteiger partial charge on any atom is -0.476 e. The Morgan fingerprint density at radius 3 is 2.32 bits per heavy atom. The number of hydrogen-bond acceptors (Lipinski definition) is 6. The molecule has 1 aliphatic heterocycles. The van der Waals surface area contributed by atoms with Crippen LogP contribution in [0.5, 0.6) is 0 Å². The molecule has 28 heavy (non-hydrogen) atoms. The average Bonchev–Trinajstić information content (AvgIpc) is 3.21. The van der Waals surface area contributed by atoms with E-state index in [-0.39, 0.29) is 11.6 Å². The maximum atomic E-state index is 12.7. The van der Waals surface area contributed by atoms with Gasteiger partial charge in [0, 0.05) is 45.1 Å². The van der Waals surface area contributed by atoms with Crippen LogP contribution in [0.3, 0.4) is 0 Å². The van der Waals surface area contributed by atoms with Crippen molar-refractivity contribution in [2.24, 2.45) is 0 Å². The van der Waals surface area contributed by atoms with Gasteiger partial charge in [-0.15, -0.1) is 0 Å². The normalized spacial score (nSPS) is 13.3. The summed E-state index contributed by atoms with van der Waals surface area (Å²) in [6, 6.07) is 5.06. The van der Waals surface area contributed by atoms with Crippen molar-refractivity contribution in [1.29, 1.82) is 0 Å². The molecule has 0 aliphatic carbocycles. The van der Waals surface area contributed by atoms with Crippen LogP contribution in [0.1, 0.15) is 44.2 Å². The number of amides is 2. The van der Waals surface area contributed by atoms with Gasteiger partial charge in [0.1, 0.15) is 0 Å². The summed E-state index contributed by atoms with van der Waals surface area (Å²) in [4.78, 5) is 47.8. The Morgan fingerprint density at radius 1 is 1.07 bits per heavy atom. The zero-order valence-electron chi connectivity index (χ0n) is 15.7. The lowest BCUT2D eigenvalue weighted by atomic mass is 10.1. The molecular weight excluding hydrogens is 362 g/mol. The van der Waals surface area contributed by atoms with E-state index in [0.29, 0.717) is 16.9 Å². The first-order valence-corrected chi connectivity index (χ1v) is 8.85. The van der Waals surface area contributed by atoms with Gasteiger partial charge in [-0.1, -0.05) is 0 Å². The molecule has 0 radical (unpaired) electrons. The lowest BCUT2D eigenvalue weighted by molar-refractivity contribution is 0.0684. The second-order valence-electron chi connectivity index (χ2n) is 6.64. The number of aromatic carboxylic acids is 1. The molecule has 1 fully saturated rings. The van der Waals surface area contributed by atoms with Gasteiger partial charge in [0.25, 0.3) is 11.8 Å². The molecule has 9 heteroatoms. The number of carboxylic acids is 1. The monoisotopic (exact) mass is 383 g/mol. The summed E-state index contributed by atoms with van der Waals surface area (Å²) in [5, 5.41) is 11.9. The minimum atomic E-state index is -1.34. The van der Waals surface area contributed by atoms with Crippen LogP contribution >= 0.6 is 0 Å². The molecule has 2 heterocycles. The maximum absolute atomic E-state index is 12.7. The molecule has 2 N–H and O–H groups in total. The Kier molecular flexibility index (Phi) is 5.53. The first kappa shape index (κ1) is 19.3. The minimum absolute atomic E-state index is 0.0935. The highest BCUT2D eigenvalue weighted by Crippen LogP contribution is 2.27. The van der Waals surface area contributed by atoms with E-state index >= 15 is 0 Å². The van der Waals surface area contributed by atoms with Crippen LogP contribution in [-0.2, 0) is 0 Å². The highest BCUT2D eigenvalue weighted by Gasteiger charge is 2.23. The molecule has 2 aromatic rings. The molecule has 0 bridgehead atoms. The van der Waals surface area contributed by atoms with Crippen LogP contribution < -0.4 is 10.2 Å². The molecule has 146 valence electrons. The highest BCUT2D eigenvalue weighted by molar-refractivity contribution is 6.10. The number of carboxylic acid groups (broad SMARTS) is 1. The predicted molar refractivity (Wildman–Crippen MR) is 103 cm³/mol. The second kappa shape index (κ2) is 8.03. The van der Waals surface area contributed by atoms with Gasteiger partial charge >= 0.3 is 5.97 Å². The van der Waals surface area contributed by atoms with Gasteiger partial charge in [-0.05, 0) is 31.0 Å². The Labute approximate surface area is 162 Å². The maximum Gasteiger partial charge on any atom is 0.356 e. The van der Waals surface area contributed by atoms with Crippen molar-refractivity contribution in [1.82, 2.24) is 14.9 Å². The number of carbonyl (C=O) groups excluding carboxylic acids is 2. The summed E-state index contributed by atoms with van der Waals surface area (Å²) in [6.45, 7) is 1.44. The molecule has 9 nitrogen and oxygen atoms in total. The SMILES string of the molecule is CN(C)c1ccc(C(=O)N2CCCC2)cc1NC(=O)c1nccnc1C(=O)O. The summed E-state index contributed by atoms with van der Waals surface area (Å²) < 4.78 is 0. The number of aromatic nitrogens is 2. The van der Waals surface area contributed by atoms with Gasteiger partial charge in [0.05, 0.1) is 11.4 Å². The standard InChI is InChI=1S/C19H21N5O4/c1-23(2)14-6-5-12(18(26)24-9-3-4-10-24)11-13(14)22-17(25)15-16(19(27)28)21-8-7-20-15/h5-8,11H,3-4,9-10H2,1-2H3,(H,22,25)(H,27,28). The molecule has 0 saturated carbocycles. The number of nitrogens with zero attached hydrogens (tertiary/aromatic N) is 4. The van der Waals surface area contributed by atoms with Gasteiger partial charge in [0.15, 0.2) is 11.4 Å². The van der Waals surface area contributed by atoms with E-state index in [1.807, 2.05) is 0 Å². The van der Waals surface area contributed by atoms with Crippen molar-refractivity contribution in [2.45, 2.75) is 12.8 Å². The van der Waals surface area contributed by atoms with E-state index in [0.717, 1.165) is 25.9 Å². The molecule has 0 atom stereocenters. The summed E-state index contributed by atoms with van der Waals surface area (Å²) in [7, 11) is 3.61. The fourth-order valence-corrected chi connectivity index (χ4v) is 3.10. The molecule has 1 aliphatic rings. The van der Waals surface area contributed by atoms with E-state index in [4.69, 9.17) is 0 Å². The molecular formula is C19H21N5O4. The molecule has 3 rings (SSSR count). The van der Waals surface area contributed by atoms with Crippen LogP contribution in [0.4, 0.5) is 11.4 Å². The number of likely N-dealkylation sites (tertiary alicyclic amines) is 1. The zero-order chi connectivity index (χ0) is 20.3. The number of anilines is 2. The van der Waals surface area contributed by atoms with Crippen LogP contribution in [0.25, 0.3) is 0 Å². The average molecular weight is 383 g/mol. The van der Waals surface area contributed by atoms with Crippen LogP contribution in [0.2, 0.25) is 0 Å². The third-order valence-corrected chi connectivity index (χ3v) is 4.48. The van der Waals surface area contributed by atoms with E-state index in [1.165, 1.54) is 12.4 Å². The van der Waals surface area contributed by atoms with E-state index in [1.54, 1.807) is 42.1 Å². The lowest BCUT2D eigenvalue weighted by Gasteiger charge is -2.21. The summed E-state index contributed by atoms with van der Waals surface area (Å²) in [5.41, 5.74) is 0.793. The molecule has 0 spiro atoms. The molecule has 2 amide bonds. The van der Waals surface area contributed by atoms with Gasteiger partial charge in [0.2, 0.25) is 0 Å². The quantitative estimate of drug-likeness (QED) is 0.808. The topological polar surface area (TPSA) is 116 Å². The first-order chi connectivity index (χ1) is 13.4. The van der Waals surface area contributed by atoms with Gasteiger partial charge in [-0.2, -0.15) is 0 Å². The Morgan fingerprint density at radius 2 is 1.71 bits per heavy atom. The fourth-order valence-electron chi connectivity index (χ4n) is 3.10. The van der Waals surface area contributed by atoms with Crippen molar-refractivity contribution in [3.63, 3.8) is 0 Å². The number of carbonyl (C=O) groups is 3. The van der Waals surface area contributed by atoms with Crippen LogP contribution in [-0.4, -0.2) is 64.9 Å².